The molecule has 2 heterocycles. The van der Waals surface area contributed by atoms with Crippen molar-refractivity contribution in [3.8, 4) is 0 Å². The molecule has 0 bridgehead atoms. The van der Waals surface area contributed by atoms with E-state index in [2.05, 4.69) is 48.5 Å². The molecule has 1 aliphatic rings. The number of nitrogens with one attached hydrogen (secondary N) is 1. The van der Waals surface area contributed by atoms with Crippen LogP contribution in [-0.4, -0.2) is 68.5 Å². The first-order chi connectivity index (χ1) is 20.1. The summed E-state index contributed by atoms with van der Waals surface area (Å²) >= 11 is 0. The van der Waals surface area contributed by atoms with Crippen LogP contribution in [0.25, 0.3) is 0 Å². The first-order valence-corrected chi connectivity index (χ1v) is 15.0. The average molecular weight is 573 g/mol. The highest BCUT2D eigenvalue weighted by atomic mass is 16.2. The van der Waals surface area contributed by atoms with Gasteiger partial charge in [0.15, 0.2) is 0 Å². The fourth-order valence-electron chi connectivity index (χ4n) is 5.56. The maximum atomic E-state index is 14.0. The Kier molecular flexibility index (Phi) is 10.5. The van der Waals surface area contributed by atoms with Gasteiger partial charge >= 0.3 is 0 Å². The van der Waals surface area contributed by atoms with Gasteiger partial charge in [0.2, 0.25) is 17.7 Å². The van der Waals surface area contributed by atoms with Gasteiger partial charge in [-0.1, -0.05) is 74.5 Å². The lowest BCUT2D eigenvalue weighted by Crippen LogP contribution is -2.47. The molecule has 0 radical (unpaired) electrons. The van der Waals surface area contributed by atoms with Crippen molar-refractivity contribution in [3.63, 3.8) is 0 Å². The topological polar surface area (TPSA) is 100 Å². The second kappa shape index (κ2) is 14.2. The second-order valence-electron chi connectivity index (χ2n) is 11.7. The minimum Gasteiger partial charge on any atom is -0.344 e. The van der Waals surface area contributed by atoms with Crippen molar-refractivity contribution in [2.24, 2.45) is 5.92 Å². The molecule has 0 aliphatic carbocycles. The summed E-state index contributed by atoms with van der Waals surface area (Å²) in [6.45, 7) is 9.08. The molecule has 0 saturated heterocycles. The van der Waals surface area contributed by atoms with Crippen LogP contribution < -0.4 is 5.32 Å². The Morgan fingerprint density at radius 2 is 1.60 bits per heavy atom. The number of carbonyl (C=O) groups excluding carboxylic acids is 3. The van der Waals surface area contributed by atoms with Gasteiger partial charge < -0.3 is 15.1 Å². The highest BCUT2D eigenvalue weighted by Gasteiger charge is 2.29. The van der Waals surface area contributed by atoms with Crippen LogP contribution in [0.2, 0.25) is 0 Å². The van der Waals surface area contributed by atoms with Gasteiger partial charge in [-0.05, 0) is 43.7 Å². The molecule has 9 heteroatoms. The van der Waals surface area contributed by atoms with Crippen LogP contribution in [-0.2, 0) is 20.9 Å². The zero-order valence-corrected chi connectivity index (χ0v) is 25.5. The van der Waals surface area contributed by atoms with Crippen molar-refractivity contribution in [1.82, 2.24) is 29.9 Å². The molecule has 0 spiro atoms. The highest BCUT2D eigenvalue weighted by molar-refractivity contribution is 5.87. The molecule has 4 rings (SSSR count). The average Bonchev–Trinajstić information content (AvgIpc) is 3.36. The Hall–Kier alpha value is -4.01. The van der Waals surface area contributed by atoms with E-state index >= 15 is 0 Å². The summed E-state index contributed by atoms with van der Waals surface area (Å²) in [6.07, 6.45) is 1.74. The predicted molar refractivity (Wildman–Crippen MR) is 162 cm³/mol. The summed E-state index contributed by atoms with van der Waals surface area (Å²) in [5.74, 6) is 1.19. The molecule has 42 heavy (non-hydrogen) atoms. The number of hydrogen-bond donors (Lipinski definition) is 1. The Bertz CT molecular complexity index is 1300. The lowest BCUT2D eigenvalue weighted by Gasteiger charge is -2.30. The summed E-state index contributed by atoms with van der Waals surface area (Å²) in [4.78, 5) is 48.3. The number of rotatable bonds is 6. The predicted octanol–water partition coefficient (Wildman–Crippen LogP) is 4.48. The van der Waals surface area contributed by atoms with Gasteiger partial charge in [0.1, 0.15) is 17.7 Å². The minimum absolute atomic E-state index is 0.0272. The van der Waals surface area contributed by atoms with E-state index in [4.69, 9.17) is 4.98 Å². The molecular formula is C33H44N6O3. The van der Waals surface area contributed by atoms with Gasteiger partial charge in [-0.15, -0.1) is 0 Å². The van der Waals surface area contributed by atoms with Crippen molar-refractivity contribution in [1.29, 1.82) is 0 Å². The largest absolute Gasteiger partial charge is 0.344 e. The maximum absolute atomic E-state index is 14.0. The van der Waals surface area contributed by atoms with Gasteiger partial charge in [-0.25, -0.2) is 9.67 Å². The smallest absolute Gasteiger partial charge is 0.243 e. The van der Waals surface area contributed by atoms with E-state index in [1.165, 1.54) is 4.90 Å². The molecule has 1 aromatic heterocycles. The third-order valence-electron chi connectivity index (χ3n) is 8.03. The van der Waals surface area contributed by atoms with E-state index in [1.54, 1.807) is 14.0 Å². The third kappa shape index (κ3) is 7.84. The van der Waals surface area contributed by atoms with Gasteiger partial charge in [-0.2, -0.15) is 5.10 Å². The summed E-state index contributed by atoms with van der Waals surface area (Å²) in [7, 11) is 1.66. The van der Waals surface area contributed by atoms with E-state index in [-0.39, 0.29) is 36.1 Å². The first kappa shape index (κ1) is 30.9. The van der Waals surface area contributed by atoms with Crippen molar-refractivity contribution in [2.45, 2.75) is 77.9 Å². The van der Waals surface area contributed by atoms with Crippen molar-refractivity contribution >= 4 is 17.7 Å². The molecule has 0 unspecified atom stereocenters. The van der Waals surface area contributed by atoms with E-state index in [0.29, 0.717) is 56.5 Å². The Labute approximate surface area is 249 Å². The summed E-state index contributed by atoms with van der Waals surface area (Å²) < 4.78 is 1.83. The Morgan fingerprint density at radius 3 is 2.19 bits per heavy atom. The number of nitrogens with zero attached hydrogens (tertiary/aromatic N) is 5. The number of aromatic nitrogens is 3. The number of benzene rings is 2. The van der Waals surface area contributed by atoms with Crippen LogP contribution in [0, 0.1) is 12.8 Å². The minimum atomic E-state index is -0.636. The molecule has 2 aromatic carbocycles. The fourth-order valence-corrected chi connectivity index (χ4v) is 5.56. The van der Waals surface area contributed by atoms with Crippen LogP contribution >= 0.6 is 0 Å². The SMILES string of the molecule is Cc1nc2n(n1)CCN(C(=O)CC(c1ccccc1)c1ccccc1)CCCC(=O)N(C)[C@@H](C)C(=O)N[C@@H]2CC(C)C. The molecule has 3 amide bonds. The van der Waals surface area contributed by atoms with Crippen LogP contribution in [0.15, 0.2) is 60.7 Å². The zero-order chi connectivity index (χ0) is 30.2. The first-order valence-electron chi connectivity index (χ1n) is 15.0. The van der Waals surface area contributed by atoms with E-state index in [0.717, 1.165) is 11.1 Å². The van der Waals surface area contributed by atoms with Gasteiger partial charge in [0.25, 0.3) is 0 Å². The van der Waals surface area contributed by atoms with Crippen LogP contribution in [0.3, 0.4) is 0 Å². The van der Waals surface area contributed by atoms with Crippen LogP contribution in [0.5, 0.6) is 0 Å². The van der Waals surface area contributed by atoms with E-state index in [9.17, 15) is 14.4 Å². The lowest BCUT2D eigenvalue weighted by atomic mass is 9.88. The van der Waals surface area contributed by atoms with Crippen molar-refractivity contribution in [3.05, 3.63) is 83.4 Å². The third-order valence-corrected chi connectivity index (χ3v) is 8.03. The number of hydrogen-bond acceptors (Lipinski definition) is 5. The number of carbonyl (C=O) groups is 3. The van der Waals surface area contributed by atoms with Gasteiger partial charge in [-0.3, -0.25) is 14.4 Å². The Morgan fingerprint density at radius 1 is 0.976 bits per heavy atom. The maximum Gasteiger partial charge on any atom is 0.243 e. The lowest BCUT2D eigenvalue weighted by molar-refractivity contribution is -0.139. The highest BCUT2D eigenvalue weighted by Crippen LogP contribution is 2.29. The quantitative estimate of drug-likeness (QED) is 0.470. The molecule has 224 valence electrons. The molecule has 0 saturated carbocycles. The van der Waals surface area contributed by atoms with Gasteiger partial charge in [0.05, 0.1) is 12.6 Å². The van der Waals surface area contributed by atoms with Crippen LogP contribution in [0.1, 0.15) is 81.2 Å². The van der Waals surface area contributed by atoms with E-state index in [1.807, 2.05) is 52.9 Å². The molecule has 1 aliphatic heterocycles. The molecule has 2 atom stereocenters. The van der Waals surface area contributed by atoms with Gasteiger partial charge in [0, 0.05) is 38.9 Å². The fraction of sp³-hybridized carbons (Fsp3) is 0.485. The summed E-state index contributed by atoms with van der Waals surface area (Å²) in [5.41, 5.74) is 2.18. The second-order valence-corrected chi connectivity index (χ2v) is 11.7. The summed E-state index contributed by atoms with van der Waals surface area (Å²) in [5, 5.41) is 7.78. The molecule has 9 nitrogen and oxygen atoms in total. The number of amides is 3. The molecule has 0 fully saturated rings. The number of aryl methyl sites for hydroxylation is 1. The molecule has 3 aromatic rings. The van der Waals surface area contributed by atoms with Crippen molar-refractivity contribution in [2.75, 3.05) is 20.1 Å². The monoisotopic (exact) mass is 572 g/mol. The number of fused-ring (bicyclic) bond motifs is 1. The Balaban J connectivity index is 1.64. The van der Waals surface area contributed by atoms with Crippen LogP contribution in [0.4, 0.5) is 0 Å². The number of likely N-dealkylation sites (N-methyl/N-ethyl adjacent to an activating group) is 1. The molecule has 1 N–H and O–H groups in total. The van der Waals surface area contributed by atoms with Crippen molar-refractivity contribution < 1.29 is 14.4 Å². The normalized spacial score (nSPS) is 19.0. The standard InChI is InChI=1S/C33H44N6O3/c1-23(2)21-29-32-34-25(4)36-39(32)20-19-38(18-12-17-30(40)37(5)24(3)33(42)35-29)31(41)22-28(26-13-8-6-9-14-26)27-15-10-7-11-16-27/h6-11,13-16,23-24,28-29H,12,17-22H2,1-5H3,(H,35,42)/t24-,29+/m0/s1. The summed E-state index contributed by atoms with van der Waals surface area (Å²) in [6, 6.07) is 19.2. The van der Waals surface area contributed by atoms with E-state index < -0.39 is 6.04 Å². The zero-order valence-electron chi connectivity index (χ0n) is 25.5. The molecular weight excluding hydrogens is 528 g/mol.